The van der Waals surface area contributed by atoms with E-state index in [2.05, 4.69) is 6.92 Å². The van der Waals surface area contributed by atoms with E-state index >= 15 is 0 Å². The zero-order valence-corrected chi connectivity index (χ0v) is 5.67. The van der Waals surface area contributed by atoms with Gasteiger partial charge in [0.15, 0.2) is 0 Å². The smallest absolute Gasteiger partial charge is 0.286 e. The van der Waals surface area contributed by atoms with Crippen molar-refractivity contribution in [3.63, 3.8) is 0 Å². The van der Waals surface area contributed by atoms with Crippen LogP contribution in [-0.2, 0) is 0 Å². The van der Waals surface area contributed by atoms with Crippen molar-refractivity contribution in [1.29, 1.82) is 0 Å². The summed E-state index contributed by atoms with van der Waals surface area (Å²) < 4.78 is 0. The van der Waals surface area contributed by atoms with E-state index in [1.54, 1.807) is 0 Å². The second-order valence-corrected chi connectivity index (χ2v) is 2.22. The van der Waals surface area contributed by atoms with Crippen molar-refractivity contribution in [2.24, 2.45) is 5.92 Å². The molecule has 0 bridgehead atoms. The zero-order chi connectivity index (χ0) is 9.28. The van der Waals surface area contributed by atoms with Crippen LogP contribution in [0, 0.1) is 12.8 Å². The van der Waals surface area contributed by atoms with Crippen LogP contribution < -0.4 is 0 Å². The van der Waals surface area contributed by atoms with Gasteiger partial charge in [-0.15, -0.1) is 0 Å². The quantitative estimate of drug-likeness (QED) is 0.250. The molecule has 0 unspecified atom stereocenters. The fraction of sp³-hybridized carbons (Fsp3) is 0.800. The van der Waals surface area contributed by atoms with Crippen molar-refractivity contribution in [1.82, 2.24) is 0 Å². The molecule has 0 aliphatic rings. The monoisotopic (exact) mass is 167 g/mol. The minimum Gasteiger partial charge on any atom is -0.343 e. The lowest BCUT2D eigenvalue weighted by molar-refractivity contribution is -0.438. The van der Waals surface area contributed by atoms with E-state index in [1.165, 1.54) is 0 Å². The molecule has 0 heterocycles. The molecule has 0 rings (SSSR count). The lowest BCUT2D eigenvalue weighted by Gasteiger charge is -2.30. The Bertz CT molecular complexity index is 106. The average molecular weight is 167 g/mol. The molecule has 67 valence electrons. The molecule has 6 nitrogen and oxygen atoms in total. The van der Waals surface area contributed by atoms with Crippen LogP contribution in [0.4, 0.5) is 0 Å². The van der Waals surface area contributed by atoms with Gasteiger partial charge in [-0.25, -0.2) is 0 Å². The third-order valence-electron chi connectivity index (χ3n) is 1.22. The highest BCUT2D eigenvalue weighted by atomic mass is 16.7. The largest absolute Gasteiger partial charge is 0.343 e. The summed E-state index contributed by atoms with van der Waals surface area (Å²) in [6.07, 6.45) is -0.465. The van der Waals surface area contributed by atoms with Gasteiger partial charge in [0.2, 0.25) is 0 Å². The SMILES string of the molecule is [CH2]CC(C(O)(O)O)C(O)(O)O. The second-order valence-electron chi connectivity index (χ2n) is 2.22. The zero-order valence-electron chi connectivity index (χ0n) is 5.67. The molecular weight excluding hydrogens is 156 g/mol. The molecule has 0 aliphatic heterocycles. The molecule has 0 saturated carbocycles. The van der Waals surface area contributed by atoms with Crippen molar-refractivity contribution in [3.8, 4) is 0 Å². The van der Waals surface area contributed by atoms with Crippen molar-refractivity contribution >= 4 is 0 Å². The van der Waals surface area contributed by atoms with Gasteiger partial charge in [0.25, 0.3) is 11.9 Å². The van der Waals surface area contributed by atoms with Crippen LogP contribution in [0.25, 0.3) is 0 Å². The molecule has 0 atom stereocenters. The Hall–Kier alpha value is -0.240. The van der Waals surface area contributed by atoms with Crippen LogP contribution in [0.15, 0.2) is 0 Å². The molecule has 0 spiro atoms. The van der Waals surface area contributed by atoms with Crippen LogP contribution in [0.2, 0.25) is 0 Å². The second kappa shape index (κ2) is 3.02. The standard InChI is InChI=1S/C5H11O6/c1-2-3(4(6,7)8)5(9,10)11/h3,6-11H,1-2H2. The van der Waals surface area contributed by atoms with Gasteiger partial charge in [-0.1, -0.05) is 6.92 Å². The molecule has 6 N–H and O–H groups in total. The first kappa shape index (κ1) is 10.8. The van der Waals surface area contributed by atoms with Crippen molar-refractivity contribution in [2.45, 2.75) is 18.4 Å². The topological polar surface area (TPSA) is 121 Å². The minimum absolute atomic E-state index is 0.465. The predicted molar refractivity (Wildman–Crippen MR) is 32.2 cm³/mol. The van der Waals surface area contributed by atoms with Gasteiger partial charge >= 0.3 is 0 Å². The van der Waals surface area contributed by atoms with E-state index in [1.807, 2.05) is 0 Å². The number of hydrogen-bond donors (Lipinski definition) is 6. The molecule has 0 saturated heterocycles. The average Bonchev–Trinajstić information content (AvgIpc) is 1.56. The highest BCUT2D eigenvalue weighted by Gasteiger charge is 2.45. The molecule has 0 amide bonds. The van der Waals surface area contributed by atoms with Crippen molar-refractivity contribution in [3.05, 3.63) is 6.92 Å². The van der Waals surface area contributed by atoms with Gasteiger partial charge in [-0.05, 0) is 6.42 Å². The number of hydrogen-bond acceptors (Lipinski definition) is 6. The summed E-state index contributed by atoms with van der Waals surface area (Å²) in [6.45, 7) is 3.06. The van der Waals surface area contributed by atoms with Gasteiger partial charge in [0.1, 0.15) is 5.92 Å². The molecule has 1 radical (unpaired) electrons. The molecule has 11 heavy (non-hydrogen) atoms. The first-order valence-electron chi connectivity index (χ1n) is 2.83. The van der Waals surface area contributed by atoms with Gasteiger partial charge in [0, 0.05) is 0 Å². The fourth-order valence-electron chi connectivity index (χ4n) is 0.647. The Morgan fingerprint density at radius 3 is 1.18 bits per heavy atom. The third kappa shape index (κ3) is 3.10. The minimum atomic E-state index is -3.36. The predicted octanol–water partition coefficient (Wildman–Crippen LogP) is -2.91. The summed E-state index contributed by atoms with van der Waals surface area (Å²) in [5.41, 5.74) is 0. The molecule has 0 aromatic rings. The summed E-state index contributed by atoms with van der Waals surface area (Å²) in [5.74, 6) is -8.69. The lowest BCUT2D eigenvalue weighted by Crippen LogP contribution is -2.51. The Balaban J connectivity index is 4.43. The van der Waals surface area contributed by atoms with E-state index in [0.717, 1.165) is 0 Å². The maximum Gasteiger partial charge on any atom is 0.286 e. The van der Waals surface area contributed by atoms with E-state index in [-0.39, 0.29) is 0 Å². The Labute approximate surface area is 63.0 Å². The third-order valence-corrected chi connectivity index (χ3v) is 1.22. The van der Waals surface area contributed by atoms with E-state index < -0.39 is 24.3 Å². The van der Waals surface area contributed by atoms with Crippen LogP contribution >= 0.6 is 0 Å². The molecule has 6 heteroatoms. The summed E-state index contributed by atoms with van der Waals surface area (Å²) in [7, 11) is 0. The Kier molecular flexibility index (Phi) is 2.95. The summed E-state index contributed by atoms with van der Waals surface area (Å²) >= 11 is 0. The first-order chi connectivity index (χ1) is 4.69. The van der Waals surface area contributed by atoms with Crippen LogP contribution in [0.1, 0.15) is 6.42 Å². The Morgan fingerprint density at radius 2 is 1.18 bits per heavy atom. The van der Waals surface area contributed by atoms with E-state index in [4.69, 9.17) is 30.6 Å². The van der Waals surface area contributed by atoms with Crippen molar-refractivity contribution < 1.29 is 30.6 Å². The molecule has 0 aliphatic carbocycles. The normalized spacial score (nSPS) is 14.2. The fourth-order valence-corrected chi connectivity index (χ4v) is 0.647. The molecule has 0 aromatic carbocycles. The molecule has 0 aromatic heterocycles. The van der Waals surface area contributed by atoms with Gasteiger partial charge in [-0.2, -0.15) is 0 Å². The summed E-state index contributed by atoms with van der Waals surface area (Å²) in [4.78, 5) is 0. The summed E-state index contributed by atoms with van der Waals surface area (Å²) in [5, 5.41) is 50.4. The van der Waals surface area contributed by atoms with Crippen molar-refractivity contribution in [2.75, 3.05) is 0 Å². The summed E-state index contributed by atoms with van der Waals surface area (Å²) in [6, 6.07) is 0. The molecule has 0 fully saturated rings. The van der Waals surface area contributed by atoms with E-state index in [0.29, 0.717) is 0 Å². The number of rotatable bonds is 3. The van der Waals surface area contributed by atoms with E-state index in [9.17, 15) is 0 Å². The maximum absolute atomic E-state index is 8.40. The highest BCUT2D eigenvalue weighted by molar-refractivity contribution is 4.73. The van der Waals surface area contributed by atoms with Gasteiger partial charge in [0.05, 0.1) is 0 Å². The number of aliphatic hydroxyl groups is 6. The first-order valence-corrected chi connectivity index (χ1v) is 2.83. The molecular formula is C5H11O6. The maximum atomic E-state index is 8.40. The van der Waals surface area contributed by atoms with Gasteiger partial charge in [-0.3, -0.25) is 0 Å². The lowest BCUT2D eigenvalue weighted by atomic mass is 10.0. The highest BCUT2D eigenvalue weighted by Crippen LogP contribution is 2.23. The van der Waals surface area contributed by atoms with Gasteiger partial charge < -0.3 is 30.6 Å². The Morgan fingerprint density at radius 1 is 0.909 bits per heavy atom. The van der Waals surface area contributed by atoms with Crippen LogP contribution in [0.5, 0.6) is 0 Å². The van der Waals surface area contributed by atoms with Crippen LogP contribution in [-0.4, -0.2) is 42.6 Å². The van der Waals surface area contributed by atoms with Crippen LogP contribution in [0.3, 0.4) is 0 Å².